The highest BCUT2D eigenvalue weighted by molar-refractivity contribution is 7.16. The van der Waals surface area contributed by atoms with Crippen LogP contribution in [0.1, 0.15) is 12.5 Å². The maximum absolute atomic E-state index is 12.6. The van der Waals surface area contributed by atoms with E-state index in [1.165, 1.54) is 35.2 Å². The molecule has 0 atom stereocenters. The Kier molecular flexibility index (Phi) is 3.89. The monoisotopic (exact) mass is 367 g/mol. The molecular weight excluding hydrogens is 354 g/mol. The van der Waals surface area contributed by atoms with Crippen molar-refractivity contribution in [2.75, 3.05) is 5.32 Å². The predicted octanol–water partition coefficient (Wildman–Crippen LogP) is 2.57. The summed E-state index contributed by atoms with van der Waals surface area (Å²) in [6, 6.07) is 8.16. The zero-order chi connectivity index (χ0) is 18.3. The van der Waals surface area contributed by atoms with Crippen molar-refractivity contribution in [3.8, 4) is 0 Å². The van der Waals surface area contributed by atoms with Crippen LogP contribution < -0.4 is 16.5 Å². The van der Waals surface area contributed by atoms with Crippen molar-refractivity contribution < 1.29 is 9.21 Å². The van der Waals surface area contributed by atoms with Gasteiger partial charge in [-0.2, -0.15) is 0 Å². The van der Waals surface area contributed by atoms with Gasteiger partial charge in [0, 0.05) is 30.1 Å². The molecule has 8 heteroatoms. The lowest BCUT2D eigenvalue weighted by Crippen LogP contribution is -2.21. The number of rotatable bonds is 3. The van der Waals surface area contributed by atoms with Gasteiger partial charge < -0.3 is 9.73 Å². The van der Waals surface area contributed by atoms with E-state index < -0.39 is 5.63 Å². The Balaban J connectivity index is 1.82. The van der Waals surface area contributed by atoms with Gasteiger partial charge >= 0.3 is 5.63 Å². The lowest BCUT2D eigenvalue weighted by molar-refractivity contribution is -0.114. The standard InChI is InChI=1S/C18H13N3O4S/c1-10(22)20-12-2-3-13-11(6-16(23)25-15(13)7-12)8-21-9-19-17-14(18(21)24)4-5-26-17/h2-7,9H,8H2,1H3,(H,20,22). The summed E-state index contributed by atoms with van der Waals surface area (Å²) in [5.74, 6) is -0.218. The van der Waals surface area contributed by atoms with Gasteiger partial charge in [0.15, 0.2) is 0 Å². The van der Waals surface area contributed by atoms with Gasteiger partial charge in [0.1, 0.15) is 10.4 Å². The number of carbonyl (C=O) groups is 1. The fourth-order valence-corrected chi connectivity index (χ4v) is 3.55. The molecule has 0 spiro atoms. The Bertz CT molecular complexity index is 1270. The normalized spacial score (nSPS) is 11.1. The lowest BCUT2D eigenvalue weighted by atomic mass is 10.1. The Labute approximate surface area is 150 Å². The molecule has 1 N–H and O–H groups in total. The van der Waals surface area contributed by atoms with E-state index in [2.05, 4.69) is 10.3 Å². The minimum Gasteiger partial charge on any atom is -0.423 e. The fourth-order valence-electron chi connectivity index (χ4n) is 2.83. The molecule has 0 aliphatic heterocycles. The zero-order valence-corrected chi connectivity index (χ0v) is 14.5. The molecule has 26 heavy (non-hydrogen) atoms. The van der Waals surface area contributed by atoms with Crippen LogP contribution in [0.2, 0.25) is 0 Å². The summed E-state index contributed by atoms with van der Waals surface area (Å²) >= 11 is 1.40. The molecule has 0 aliphatic rings. The number of hydrogen-bond donors (Lipinski definition) is 1. The van der Waals surface area contributed by atoms with E-state index in [-0.39, 0.29) is 18.0 Å². The van der Waals surface area contributed by atoms with Crippen LogP contribution in [0.4, 0.5) is 5.69 Å². The second-order valence-corrected chi connectivity index (χ2v) is 6.69. The van der Waals surface area contributed by atoms with Crippen LogP contribution in [0, 0.1) is 0 Å². The molecule has 0 saturated heterocycles. The number of benzene rings is 1. The molecular formula is C18H13N3O4S. The first-order chi connectivity index (χ1) is 12.5. The van der Waals surface area contributed by atoms with Crippen molar-refractivity contribution in [1.29, 1.82) is 0 Å². The van der Waals surface area contributed by atoms with Gasteiger partial charge in [-0.15, -0.1) is 11.3 Å². The van der Waals surface area contributed by atoms with Gasteiger partial charge in [0.25, 0.3) is 5.56 Å². The van der Waals surface area contributed by atoms with Gasteiger partial charge in [-0.05, 0) is 29.1 Å². The number of amides is 1. The Hall–Kier alpha value is -3.26. The minimum absolute atomic E-state index is 0.160. The molecule has 130 valence electrons. The molecule has 0 radical (unpaired) electrons. The van der Waals surface area contributed by atoms with Gasteiger partial charge in [-0.25, -0.2) is 9.78 Å². The van der Waals surface area contributed by atoms with E-state index in [0.717, 1.165) is 0 Å². The van der Waals surface area contributed by atoms with Crippen LogP contribution in [0.5, 0.6) is 0 Å². The Morgan fingerprint density at radius 3 is 2.88 bits per heavy atom. The molecule has 1 amide bonds. The second-order valence-electron chi connectivity index (χ2n) is 5.80. The van der Waals surface area contributed by atoms with Gasteiger partial charge in [0.2, 0.25) is 5.91 Å². The fraction of sp³-hybridized carbons (Fsp3) is 0.111. The first-order valence-electron chi connectivity index (χ1n) is 7.78. The molecule has 0 fully saturated rings. The maximum atomic E-state index is 12.6. The molecule has 3 heterocycles. The average molecular weight is 367 g/mol. The molecule has 7 nitrogen and oxygen atoms in total. The highest BCUT2D eigenvalue weighted by Crippen LogP contribution is 2.22. The first kappa shape index (κ1) is 16.2. The summed E-state index contributed by atoms with van der Waals surface area (Å²) in [6.45, 7) is 1.59. The van der Waals surface area contributed by atoms with Crippen molar-refractivity contribution in [2.45, 2.75) is 13.5 Å². The molecule has 3 aromatic heterocycles. The highest BCUT2D eigenvalue weighted by Gasteiger charge is 2.11. The van der Waals surface area contributed by atoms with Gasteiger partial charge in [0.05, 0.1) is 18.3 Å². The van der Waals surface area contributed by atoms with Crippen molar-refractivity contribution in [2.24, 2.45) is 0 Å². The smallest absolute Gasteiger partial charge is 0.336 e. The number of hydrogen-bond acceptors (Lipinski definition) is 6. The first-order valence-corrected chi connectivity index (χ1v) is 8.66. The number of thiophene rings is 1. The van der Waals surface area contributed by atoms with Crippen LogP contribution in [-0.2, 0) is 11.3 Å². The third-order valence-electron chi connectivity index (χ3n) is 3.94. The number of carbonyl (C=O) groups excluding carboxylic acids is 1. The van der Waals surface area contributed by atoms with Gasteiger partial charge in [-0.3, -0.25) is 14.2 Å². The second kappa shape index (κ2) is 6.23. The number of fused-ring (bicyclic) bond motifs is 2. The van der Waals surface area contributed by atoms with Crippen molar-refractivity contribution >= 4 is 44.1 Å². The molecule has 0 aliphatic carbocycles. The zero-order valence-electron chi connectivity index (χ0n) is 13.7. The predicted molar refractivity (Wildman–Crippen MR) is 99.8 cm³/mol. The minimum atomic E-state index is -0.523. The van der Waals surface area contributed by atoms with E-state index in [4.69, 9.17) is 4.42 Å². The molecule has 4 aromatic rings. The number of aromatic nitrogens is 2. The summed E-state index contributed by atoms with van der Waals surface area (Å²) < 4.78 is 6.71. The van der Waals surface area contributed by atoms with Crippen molar-refractivity contribution in [3.63, 3.8) is 0 Å². The van der Waals surface area contributed by atoms with Crippen LogP contribution in [-0.4, -0.2) is 15.5 Å². The SMILES string of the molecule is CC(=O)Nc1ccc2c(Cn3cnc4sccc4c3=O)cc(=O)oc2c1. The largest absolute Gasteiger partial charge is 0.423 e. The van der Waals surface area contributed by atoms with E-state index in [9.17, 15) is 14.4 Å². The van der Waals surface area contributed by atoms with Crippen LogP contribution in [0.3, 0.4) is 0 Å². The highest BCUT2D eigenvalue weighted by atomic mass is 32.1. The molecule has 4 rings (SSSR count). The molecule has 1 aromatic carbocycles. The van der Waals surface area contributed by atoms with E-state index in [1.54, 1.807) is 24.3 Å². The summed E-state index contributed by atoms with van der Waals surface area (Å²) in [6.07, 6.45) is 1.48. The summed E-state index contributed by atoms with van der Waals surface area (Å²) in [5.41, 5.74) is 0.835. The summed E-state index contributed by atoms with van der Waals surface area (Å²) in [4.78, 5) is 40.7. The molecule has 0 bridgehead atoms. The number of nitrogens with one attached hydrogen (secondary N) is 1. The van der Waals surface area contributed by atoms with Crippen LogP contribution >= 0.6 is 11.3 Å². The summed E-state index contributed by atoms with van der Waals surface area (Å²) in [5, 5.41) is 5.71. The van der Waals surface area contributed by atoms with Gasteiger partial charge in [-0.1, -0.05) is 0 Å². The van der Waals surface area contributed by atoms with Crippen molar-refractivity contribution in [1.82, 2.24) is 9.55 Å². The van der Waals surface area contributed by atoms with Crippen molar-refractivity contribution in [3.05, 3.63) is 68.4 Å². The topological polar surface area (TPSA) is 94.2 Å². The lowest BCUT2D eigenvalue weighted by Gasteiger charge is -2.09. The quantitative estimate of drug-likeness (QED) is 0.562. The van der Waals surface area contributed by atoms with E-state index in [0.29, 0.717) is 32.4 Å². The third kappa shape index (κ3) is 2.91. The van der Waals surface area contributed by atoms with E-state index >= 15 is 0 Å². The Morgan fingerprint density at radius 2 is 2.08 bits per heavy atom. The average Bonchev–Trinajstić information content (AvgIpc) is 3.06. The Morgan fingerprint density at radius 1 is 1.23 bits per heavy atom. The maximum Gasteiger partial charge on any atom is 0.336 e. The molecule has 0 unspecified atom stereocenters. The molecule has 0 saturated carbocycles. The van der Waals surface area contributed by atoms with Crippen LogP contribution in [0.25, 0.3) is 21.2 Å². The third-order valence-corrected chi connectivity index (χ3v) is 4.76. The van der Waals surface area contributed by atoms with Crippen LogP contribution in [0.15, 0.2) is 56.0 Å². The number of nitrogens with zero attached hydrogens (tertiary/aromatic N) is 2. The summed E-state index contributed by atoms with van der Waals surface area (Å²) in [7, 11) is 0. The van der Waals surface area contributed by atoms with E-state index in [1.807, 2.05) is 5.38 Å². The number of anilines is 1.